The largest absolute Gasteiger partial charge is 0.275 e. The third-order valence-electron chi connectivity index (χ3n) is 4.61. The van der Waals surface area contributed by atoms with Crippen molar-refractivity contribution in [2.75, 3.05) is 0 Å². The molecule has 0 aliphatic carbocycles. The van der Waals surface area contributed by atoms with Crippen LogP contribution in [-0.2, 0) is 0 Å². The maximum absolute atomic E-state index is 11.3. The van der Waals surface area contributed by atoms with Crippen molar-refractivity contribution in [3.8, 4) is 33.3 Å². The third-order valence-corrected chi connectivity index (χ3v) is 5.54. The van der Waals surface area contributed by atoms with Crippen LogP contribution < -0.4 is 0 Å². The summed E-state index contributed by atoms with van der Waals surface area (Å²) in [7, 11) is 0. The van der Waals surface area contributed by atoms with E-state index in [9.17, 15) is 10.1 Å². The van der Waals surface area contributed by atoms with Crippen molar-refractivity contribution in [1.29, 1.82) is 0 Å². The van der Waals surface area contributed by atoms with E-state index in [4.69, 9.17) is 0 Å². The average Bonchev–Trinajstić information content (AvgIpc) is 3.44. The van der Waals surface area contributed by atoms with E-state index in [1.807, 2.05) is 36.4 Å². The summed E-state index contributed by atoms with van der Waals surface area (Å²) in [5, 5.41) is 32.3. The summed E-state index contributed by atoms with van der Waals surface area (Å²) in [6.45, 7) is 1.70. The van der Waals surface area contributed by atoms with Crippen LogP contribution in [0, 0.1) is 17.0 Å². The molecule has 5 aromatic rings. The summed E-state index contributed by atoms with van der Waals surface area (Å²) >= 11 is 1.36. The zero-order valence-electron chi connectivity index (χ0n) is 15.1. The van der Waals surface area contributed by atoms with Crippen molar-refractivity contribution in [2.45, 2.75) is 6.92 Å². The highest BCUT2D eigenvalue weighted by molar-refractivity contribution is 7.19. The van der Waals surface area contributed by atoms with E-state index in [2.05, 4.69) is 25.5 Å². The van der Waals surface area contributed by atoms with E-state index >= 15 is 0 Å². The molecular formula is C19H13N7O2S. The monoisotopic (exact) mass is 403 g/mol. The molecular weight excluding hydrogens is 390 g/mol. The van der Waals surface area contributed by atoms with Crippen LogP contribution in [0.3, 0.4) is 0 Å². The Morgan fingerprint density at radius 1 is 1.10 bits per heavy atom. The molecule has 5 rings (SSSR count). The van der Waals surface area contributed by atoms with Crippen LogP contribution in [0.25, 0.3) is 38.3 Å². The molecule has 9 nitrogen and oxygen atoms in total. The minimum Gasteiger partial charge on any atom is -0.275 e. The number of hydrogen-bond acceptors (Lipinski definition) is 7. The van der Waals surface area contributed by atoms with Crippen LogP contribution in [0.15, 0.2) is 54.6 Å². The zero-order valence-corrected chi connectivity index (χ0v) is 15.9. The second kappa shape index (κ2) is 6.60. The molecule has 0 aliphatic heterocycles. The van der Waals surface area contributed by atoms with E-state index < -0.39 is 4.92 Å². The van der Waals surface area contributed by atoms with Gasteiger partial charge in [0, 0.05) is 22.8 Å². The van der Waals surface area contributed by atoms with Crippen molar-refractivity contribution in [2.24, 2.45) is 0 Å². The molecule has 3 aromatic heterocycles. The molecule has 0 bridgehead atoms. The number of nitro benzene ring substituents is 1. The molecule has 0 atom stereocenters. The number of nitrogens with zero attached hydrogens (tertiary/aromatic N) is 6. The van der Waals surface area contributed by atoms with E-state index in [1.165, 1.54) is 17.4 Å². The van der Waals surface area contributed by atoms with Gasteiger partial charge in [-0.3, -0.25) is 15.2 Å². The fourth-order valence-corrected chi connectivity index (χ4v) is 3.95. The molecule has 142 valence electrons. The molecule has 29 heavy (non-hydrogen) atoms. The number of rotatable bonds is 4. The highest BCUT2D eigenvalue weighted by Crippen LogP contribution is 2.32. The molecule has 1 N–H and O–H groups in total. The molecule has 0 spiro atoms. The molecule has 0 aliphatic rings. The van der Waals surface area contributed by atoms with Gasteiger partial charge in [-0.25, -0.2) is 0 Å². The number of nitrogens with one attached hydrogen (secondary N) is 1. The lowest BCUT2D eigenvalue weighted by Gasteiger charge is -2.03. The molecule has 0 radical (unpaired) electrons. The van der Waals surface area contributed by atoms with Gasteiger partial charge >= 0.3 is 0 Å². The first-order chi connectivity index (χ1) is 14.1. The molecule has 3 heterocycles. The van der Waals surface area contributed by atoms with Crippen LogP contribution >= 0.6 is 11.3 Å². The number of aromatic amines is 1. The van der Waals surface area contributed by atoms with Crippen molar-refractivity contribution >= 4 is 22.0 Å². The minimum absolute atomic E-state index is 0.0378. The van der Waals surface area contributed by atoms with Crippen LogP contribution in [0.1, 0.15) is 5.56 Å². The second-order valence-corrected chi connectivity index (χ2v) is 7.32. The third kappa shape index (κ3) is 2.86. The Balaban J connectivity index is 1.57. The summed E-state index contributed by atoms with van der Waals surface area (Å²) in [6.07, 6.45) is 0. The van der Waals surface area contributed by atoms with Crippen molar-refractivity contribution < 1.29 is 4.92 Å². The smallest absolute Gasteiger partial charge is 0.273 e. The van der Waals surface area contributed by atoms with Gasteiger partial charge in [0.25, 0.3) is 5.69 Å². The number of nitro groups is 1. The molecule has 0 saturated heterocycles. The first-order valence-electron chi connectivity index (χ1n) is 8.69. The first-order valence-corrected chi connectivity index (χ1v) is 9.51. The molecule has 0 fully saturated rings. The SMILES string of the molecule is Cc1c(-c2nnc3sc(-c4cc(-c5ccccc5)n[nH]4)nn23)cccc1[N+](=O)[O-]. The number of benzene rings is 2. The Kier molecular flexibility index (Phi) is 3.91. The predicted octanol–water partition coefficient (Wildman–Crippen LogP) is 4.13. The van der Waals surface area contributed by atoms with E-state index in [0.717, 1.165) is 17.0 Å². The highest BCUT2D eigenvalue weighted by Gasteiger charge is 2.21. The Morgan fingerprint density at radius 2 is 1.93 bits per heavy atom. The molecule has 2 aromatic carbocycles. The van der Waals surface area contributed by atoms with Gasteiger partial charge in [-0.15, -0.1) is 10.2 Å². The lowest BCUT2D eigenvalue weighted by atomic mass is 10.1. The van der Waals surface area contributed by atoms with Crippen LogP contribution in [0.4, 0.5) is 5.69 Å². The Labute approximate surface area is 167 Å². The van der Waals surface area contributed by atoms with Crippen LogP contribution in [0.5, 0.6) is 0 Å². The van der Waals surface area contributed by atoms with Gasteiger partial charge in [-0.2, -0.15) is 14.7 Å². The maximum Gasteiger partial charge on any atom is 0.273 e. The van der Waals surface area contributed by atoms with Gasteiger partial charge in [0.05, 0.1) is 16.3 Å². The van der Waals surface area contributed by atoms with Crippen molar-refractivity contribution in [1.82, 2.24) is 30.0 Å². The van der Waals surface area contributed by atoms with Gasteiger partial charge < -0.3 is 0 Å². The lowest BCUT2D eigenvalue weighted by molar-refractivity contribution is -0.385. The fourth-order valence-electron chi connectivity index (χ4n) is 3.15. The zero-order chi connectivity index (χ0) is 20.0. The average molecular weight is 403 g/mol. The van der Waals surface area contributed by atoms with Gasteiger partial charge in [0.1, 0.15) is 0 Å². The summed E-state index contributed by atoms with van der Waals surface area (Å²) in [4.78, 5) is 11.4. The Hall–Kier alpha value is -3.92. The highest BCUT2D eigenvalue weighted by atomic mass is 32.1. The molecule has 0 saturated carbocycles. The topological polar surface area (TPSA) is 115 Å². The number of H-pyrrole nitrogens is 1. The Morgan fingerprint density at radius 3 is 2.72 bits per heavy atom. The number of aromatic nitrogens is 6. The van der Waals surface area contributed by atoms with E-state index in [-0.39, 0.29) is 5.69 Å². The quantitative estimate of drug-likeness (QED) is 0.356. The number of fused-ring (bicyclic) bond motifs is 1. The van der Waals surface area contributed by atoms with Crippen molar-refractivity contribution in [3.63, 3.8) is 0 Å². The second-order valence-electron chi connectivity index (χ2n) is 6.36. The van der Waals surface area contributed by atoms with Gasteiger partial charge in [-0.1, -0.05) is 53.8 Å². The standard InChI is InChI=1S/C19H13N7O2S/c1-11-13(8-5-9-16(11)26(27)28)17-22-23-19-25(17)24-18(29-19)15-10-14(20-21-15)12-6-3-2-4-7-12/h2-10H,1H3,(H,20,21). The summed E-state index contributed by atoms with van der Waals surface area (Å²) < 4.78 is 1.61. The van der Waals surface area contributed by atoms with Gasteiger partial charge in [0.2, 0.25) is 4.96 Å². The van der Waals surface area contributed by atoms with Crippen LogP contribution in [0.2, 0.25) is 0 Å². The van der Waals surface area contributed by atoms with Crippen molar-refractivity contribution in [3.05, 3.63) is 70.3 Å². The molecule has 0 unspecified atom stereocenters. The fraction of sp³-hybridized carbons (Fsp3) is 0.0526. The normalized spacial score (nSPS) is 11.2. The maximum atomic E-state index is 11.3. The number of hydrogen-bond donors (Lipinski definition) is 1. The summed E-state index contributed by atoms with van der Waals surface area (Å²) in [5.41, 5.74) is 3.77. The summed E-state index contributed by atoms with van der Waals surface area (Å²) in [5.74, 6) is 0.464. The predicted molar refractivity (Wildman–Crippen MR) is 109 cm³/mol. The summed E-state index contributed by atoms with van der Waals surface area (Å²) in [6, 6.07) is 16.7. The first kappa shape index (κ1) is 17.2. The van der Waals surface area contributed by atoms with E-state index in [0.29, 0.717) is 26.9 Å². The van der Waals surface area contributed by atoms with E-state index in [1.54, 1.807) is 23.6 Å². The molecule has 10 heteroatoms. The Bertz CT molecular complexity index is 1350. The lowest BCUT2D eigenvalue weighted by Crippen LogP contribution is -1.97. The van der Waals surface area contributed by atoms with Gasteiger partial charge in [0.15, 0.2) is 10.8 Å². The minimum atomic E-state index is -0.404. The molecule has 0 amide bonds. The van der Waals surface area contributed by atoms with Crippen LogP contribution in [-0.4, -0.2) is 34.9 Å². The van der Waals surface area contributed by atoms with Gasteiger partial charge in [-0.05, 0) is 13.0 Å².